The van der Waals surface area contributed by atoms with Crippen LogP contribution < -0.4 is 0 Å². The van der Waals surface area contributed by atoms with E-state index in [2.05, 4.69) is 97.1 Å². The maximum absolute atomic E-state index is 2.33. The minimum atomic E-state index is 1.34. The summed E-state index contributed by atoms with van der Waals surface area (Å²) in [6.45, 7) is 0. The van der Waals surface area contributed by atoms with Gasteiger partial charge in [0.15, 0.2) is 0 Å². The summed E-state index contributed by atoms with van der Waals surface area (Å²) in [7, 11) is 0. The summed E-state index contributed by atoms with van der Waals surface area (Å²) >= 11 is 0. The highest BCUT2D eigenvalue weighted by Crippen LogP contribution is 2.42. The van der Waals surface area contributed by atoms with Crippen molar-refractivity contribution in [3.8, 4) is 0 Å². The zero-order valence-electron chi connectivity index (χ0n) is 17.2. The summed E-state index contributed by atoms with van der Waals surface area (Å²) in [4.78, 5) is 0. The van der Waals surface area contributed by atoms with Gasteiger partial charge in [-0.2, -0.15) is 0 Å². The van der Waals surface area contributed by atoms with Crippen LogP contribution in [0.5, 0.6) is 0 Å². The van der Waals surface area contributed by atoms with E-state index in [4.69, 9.17) is 0 Å². The van der Waals surface area contributed by atoms with Gasteiger partial charge in [0.2, 0.25) is 0 Å². The molecule has 0 atom stereocenters. The quantitative estimate of drug-likeness (QED) is 0.223. The standard InChI is InChI=1S/C32H16/c1-2-18-21-7-9-24-22(18)8-10-28-27(24)13-14-32-30-12-11-25-23-5-3-19(21)17(1)20(23)4-6-26(25)29(30)15-16-31(28)32/h1-16H. The van der Waals surface area contributed by atoms with Crippen molar-refractivity contribution in [2.24, 2.45) is 0 Å². The Hall–Kier alpha value is -4.16. The highest BCUT2D eigenvalue weighted by molar-refractivity contribution is 6.32. The fourth-order valence-electron chi connectivity index (χ4n) is 6.53. The first-order chi connectivity index (χ1) is 15.9. The maximum Gasteiger partial charge on any atom is -0.00987 e. The smallest absolute Gasteiger partial charge is 0.00987 e. The number of benzene rings is 8. The van der Waals surface area contributed by atoms with Gasteiger partial charge in [0.1, 0.15) is 0 Å². The van der Waals surface area contributed by atoms with E-state index in [1.165, 1.54) is 86.2 Å². The van der Waals surface area contributed by atoms with Crippen LogP contribution in [0.15, 0.2) is 97.1 Å². The van der Waals surface area contributed by atoms with Crippen LogP contribution >= 0.6 is 0 Å². The van der Waals surface area contributed by atoms with E-state index in [1.54, 1.807) is 0 Å². The van der Waals surface area contributed by atoms with E-state index in [0.29, 0.717) is 0 Å². The molecule has 0 heteroatoms. The Labute approximate surface area is 183 Å². The van der Waals surface area contributed by atoms with E-state index in [9.17, 15) is 0 Å². The topological polar surface area (TPSA) is 0 Å². The van der Waals surface area contributed by atoms with E-state index >= 15 is 0 Å². The Morgan fingerprint density at radius 2 is 0.188 bits per heavy atom. The number of rotatable bonds is 0. The van der Waals surface area contributed by atoms with Crippen molar-refractivity contribution < 1.29 is 0 Å². The molecule has 0 saturated carbocycles. The third-order valence-electron chi connectivity index (χ3n) is 7.98. The van der Waals surface area contributed by atoms with E-state index in [1.807, 2.05) is 0 Å². The molecule has 0 fully saturated rings. The number of hydrogen-bond acceptors (Lipinski definition) is 0. The van der Waals surface area contributed by atoms with Crippen molar-refractivity contribution >= 4 is 86.2 Å². The van der Waals surface area contributed by atoms with Crippen LogP contribution in [-0.4, -0.2) is 0 Å². The van der Waals surface area contributed by atoms with Crippen LogP contribution in [0.1, 0.15) is 0 Å². The summed E-state index contributed by atoms with van der Waals surface area (Å²) in [5.41, 5.74) is 0. The minimum absolute atomic E-state index is 1.34. The first-order valence-electron chi connectivity index (χ1n) is 11.3. The molecular weight excluding hydrogens is 384 g/mol. The monoisotopic (exact) mass is 400 g/mol. The molecule has 0 nitrogen and oxygen atoms in total. The zero-order valence-corrected chi connectivity index (χ0v) is 17.2. The number of hydrogen-bond donors (Lipinski definition) is 0. The highest BCUT2D eigenvalue weighted by atomic mass is 14.2. The Bertz CT molecular complexity index is 1470. The predicted molar refractivity (Wildman–Crippen MR) is 140 cm³/mol. The van der Waals surface area contributed by atoms with Crippen LogP contribution in [0.25, 0.3) is 86.2 Å². The van der Waals surface area contributed by atoms with Crippen molar-refractivity contribution in [1.82, 2.24) is 0 Å². The van der Waals surface area contributed by atoms with Crippen molar-refractivity contribution in [3.05, 3.63) is 97.1 Å². The van der Waals surface area contributed by atoms with Crippen molar-refractivity contribution in [3.63, 3.8) is 0 Å². The molecule has 9 aromatic rings. The third kappa shape index (κ3) is 1.60. The van der Waals surface area contributed by atoms with E-state index in [0.717, 1.165) is 0 Å². The molecule has 0 saturated heterocycles. The molecule has 0 N–H and O–H groups in total. The van der Waals surface area contributed by atoms with Gasteiger partial charge in [-0.3, -0.25) is 0 Å². The first-order valence-corrected chi connectivity index (χ1v) is 11.3. The molecular formula is C32H16. The molecule has 9 aromatic carbocycles. The second-order valence-electron chi connectivity index (χ2n) is 9.29. The lowest BCUT2D eigenvalue weighted by molar-refractivity contribution is 1.80. The van der Waals surface area contributed by atoms with E-state index in [-0.39, 0.29) is 0 Å². The van der Waals surface area contributed by atoms with Gasteiger partial charge in [-0.05, 0) is 86.2 Å². The Kier molecular flexibility index (Phi) is 2.44. The van der Waals surface area contributed by atoms with Crippen LogP contribution in [0.2, 0.25) is 0 Å². The van der Waals surface area contributed by atoms with Gasteiger partial charge in [-0.1, -0.05) is 97.1 Å². The second-order valence-corrected chi connectivity index (χ2v) is 9.29. The molecule has 0 heterocycles. The molecule has 0 aliphatic heterocycles. The van der Waals surface area contributed by atoms with Crippen LogP contribution in [-0.2, 0) is 0 Å². The van der Waals surface area contributed by atoms with Crippen molar-refractivity contribution in [1.29, 1.82) is 0 Å². The van der Waals surface area contributed by atoms with Gasteiger partial charge in [0.05, 0.1) is 0 Å². The molecule has 0 unspecified atom stereocenters. The molecule has 9 rings (SSSR count). The molecule has 16 bridgehead atoms. The van der Waals surface area contributed by atoms with Gasteiger partial charge >= 0.3 is 0 Å². The van der Waals surface area contributed by atoms with Gasteiger partial charge in [-0.15, -0.1) is 0 Å². The lowest BCUT2D eigenvalue weighted by Crippen LogP contribution is -1.88. The van der Waals surface area contributed by atoms with Crippen LogP contribution in [0.3, 0.4) is 0 Å². The Morgan fingerprint density at radius 1 is 0.125 bits per heavy atom. The second kappa shape index (κ2) is 5.00. The van der Waals surface area contributed by atoms with Crippen molar-refractivity contribution in [2.75, 3.05) is 0 Å². The lowest BCUT2D eigenvalue weighted by atomic mass is 9.88. The van der Waals surface area contributed by atoms with Gasteiger partial charge in [0.25, 0.3) is 0 Å². The normalized spacial score (nSPS) is 13.0. The molecule has 32 heavy (non-hydrogen) atoms. The van der Waals surface area contributed by atoms with Gasteiger partial charge < -0.3 is 0 Å². The molecule has 0 aromatic heterocycles. The van der Waals surface area contributed by atoms with Gasteiger partial charge in [-0.25, -0.2) is 0 Å². The highest BCUT2D eigenvalue weighted by Gasteiger charge is 2.14. The van der Waals surface area contributed by atoms with E-state index < -0.39 is 0 Å². The molecule has 0 amide bonds. The Balaban J connectivity index is 1.78. The predicted octanol–water partition coefficient (Wildman–Crippen LogP) is 9.23. The first kappa shape index (κ1) is 15.6. The van der Waals surface area contributed by atoms with Crippen LogP contribution in [0, 0.1) is 0 Å². The summed E-state index contributed by atoms with van der Waals surface area (Å²) in [6.07, 6.45) is 0. The van der Waals surface area contributed by atoms with Gasteiger partial charge in [0, 0.05) is 0 Å². The summed E-state index contributed by atoms with van der Waals surface area (Å²) in [5.74, 6) is 0. The Morgan fingerprint density at radius 3 is 0.250 bits per heavy atom. The van der Waals surface area contributed by atoms with Crippen molar-refractivity contribution in [2.45, 2.75) is 0 Å². The SMILES string of the molecule is c1cc2c3ccc4c2ccc2c4ccc4c5ccc6c7ccc3c1c7ccc6c5ccc24. The molecule has 0 spiro atoms. The fourth-order valence-corrected chi connectivity index (χ4v) is 6.53. The lowest BCUT2D eigenvalue weighted by Gasteiger charge is -2.16. The average molecular weight is 400 g/mol. The minimum Gasteiger partial charge on any atom is -0.0531 e. The summed E-state index contributed by atoms with van der Waals surface area (Å²) in [6, 6.07) is 37.3. The molecule has 0 aliphatic carbocycles. The van der Waals surface area contributed by atoms with Crippen LogP contribution in [0.4, 0.5) is 0 Å². The summed E-state index contributed by atoms with van der Waals surface area (Å²) in [5, 5.41) is 21.4. The fraction of sp³-hybridized carbons (Fsp3) is 0. The molecule has 0 aliphatic rings. The average Bonchev–Trinajstić information content (AvgIpc) is 2.85. The zero-order chi connectivity index (χ0) is 20.6. The molecule has 0 radical (unpaired) electrons. The molecule has 144 valence electrons. The largest absolute Gasteiger partial charge is 0.0531 e. The third-order valence-corrected chi connectivity index (χ3v) is 7.98. The maximum atomic E-state index is 2.33. The summed E-state index contributed by atoms with van der Waals surface area (Å²) < 4.78 is 0.